The quantitative estimate of drug-likeness (QED) is 0.606. The van der Waals surface area contributed by atoms with E-state index >= 15 is 0 Å². The van der Waals surface area contributed by atoms with Crippen molar-refractivity contribution < 1.29 is 9.90 Å². The second-order valence-electron chi connectivity index (χ2n) is 3.80. The van der Waals surface area contributed by atoms with E-state index in [-0.39, 0.29) is 6.42 Å². The Bertz CT molecular complexity index is 136. The van der Waals surface area contributed by atoms with Gasteiger partial charge in [-0.05, 0) is 45.3 Å². The Balaban J connectivity index is 0.000000280. The number of rotatable bonds is 5. The van der Waals surface area contributed by atoms with Crippen molar-refractivity contribution in [3.63, 3.8) is 0 Å². The molecule has 0 bridgehead atoms. The highest BCUT2D eigenvalue weighted by atomic mass is 16.4. The van der Waals surface area contributed by atoms with Crippen LogP contribution in [0.4, 0.5) is 0 Å². The van der Waals surface area contributed by atoms with Crippen LogP contribution in [0.25, 0.3) is 0 Å². The number of aliphatic carboxylic acids is 1. The number of hydrogen-bond donors (Lipinski definition) is 3. The number of piperidine rings is 1. The molecule has 0 aromatic heterocycles. The number of hydrogen-bond acceptors (Lipinski definition) is 3. The topological polar surface area (TPSA) is 75.3 Å². The molecule has 0 radical (unpaired) electrons. The van der Waals surface area contributed by atoms with Crippen LogP contribution in [0.1, 0.15) is 44.9 Å². The number of carboxylic acid groups (broad SMARTS) is 1. The van der Waals surface area contributed by atoms with Gasteiger partial charge < -0.3 is 16.2 Å². The van der Waals surface area contributed by atoms with E-state index in [1.165, 1.54) is 32.4 Å². The molecular formula is C11H24N2O2. The van der Waals surface area contributed by atoms with Gasteiger partial charge in [0.1, 0.15) is 0 Å². The Morgan fingerprint density at radius 2 is 1.80 bits per heavy atom. The van der Waals surface area contributed by atoms with Crippen molar-refractivity contribution in [2.45, 2.75) is 44.9 Å². The summed E-state index contributed by atoms with van der Waals surface area (Å²) >= 11 is 0. The van der Waals surface area contributed by atoms with Crippen LogP contribution in [-0.4, -0.2) is 30.7 Å². The Morgan fingerprint density at radius 1 is 1.13 bits per heavy atom. The predicted molar refractivity (Wildman–Crippen MR) is 61.9 cm³/mol. The molecular weight excluding hydrogens is 192 g/mol. The first-order valence-electron chi connectivity index (χ1n) is 5.90. The summed E-state index contributed by atoms with van der Waals surface area (Å²) in [6, 6.07) is 0. The largest absolute Gasteiger partial charge is 0.481 e. The van der Waals surface area contributed by atoms with Gasteiger partial charge in [-0.25, -0.2) is 0 Å². The normalized spacial score (nSPS) is 15.3. The summed E-state index contributed by atoms with van der Waals surface area (Å²) in [5.74, 6) is -0.716. The van der Waals surface area contributed by atoms with Crippen LogP contribution in [0, 0.1) is 0 Å². The summed E-state index contributed by atoms with van der Waals surface area (Å²) in [5, 5.41) is 11.5. The summed E-state index contributed by atoms with van der Waals surface area (Å²) in [4.78, 5) is 9.93. The van der Waals surface area contributed by atoms with Crippen molar-refractivity contribution in [2.75, 3.05) is 19.6 Å². The third-order valence-electron chi connectivity index (χ3n) is 2.30. The molecule has 1 fully saturated rings. The zero-order valence-electron chi connectivity index (χ0n) is 9.50. The first-order chi connectivity index (χ1) is 7.27. The minimum atomic E-state index is -0.716. The molecule has 0 spiro atoms. The van der Waals surface area contributed by atoms with E-state index in [4.69, 9.17) is 10.8 Å². The van der Waals surface area contributed by atoms with Crippen LogP contribution < -0.4 is 11.1 Å². The predicted octanol–water partition coefficient (Wildman–Crippen LogP) is 1.35. The standard InChI is InChI=1S/C6H13NO2.C5H11N/c7-5-3-1-2-4-6(8)9;1-2-4-6-5-3-1/h1-5,7H2,(H,8,9);6H,1-5H2. The minimum absolute atomic E-state index is 0.278. The summed E-state index contributed by atoms with van der Waals surface area (Å²) in [7, 11) is 0. The fraction of sp³-hybridized carbons (Fsp3) is 0.909. The second-order valence-corrected chi connectivity index (χ2v) is 3.80. The van der Waals surface area contributed by atoms with Crippen LogP contribution in [-0.2, 0) is 4.79 Å². The summed E-state index contributed by atoms with van der Waals surface area (Å²) in [6.45, 7) is 3.17. The fourth-order valence-electron chi connectivity index (χ4n) is 1.40. The van der Waals surface area contributed by atoms with Gasteiger partial charge >= 0.3 is 5.97 Å². The molecule has 0 aromatic rings. The lowest BCUT2D eigenvalue weighted by Crippen LogP contribution is -2.21. The van der Waals surface area contributed by atoms with E-state index in [0.29, 0.717) is 6.54 Å². The minimum Gasteiger partial charge on any atom is -0.481 e. The Hall–Kier alpha value is -0.610. The molecule has 1 aliphatic heterocycles. The number of unbranched alkanes of at least 4 members (excludes halogenated alkanes) is 2. The van der Waals surface area contributed by atoms with Crippen molar-refractivity contribution in [3.8, 4) is 0 Å². The number of nitrogens with two attached hydrogens (primary N) is 1. The summed E-state index contributed by atoms with van der Waals surface area (Å²) in [5.41, 5.74) is 5.20. The average Bonchev–Trinajstić information content (AvgIpc) is 2.28. The highest BCUT2D eigenvalue weighted by molar-refractivity contribution is 5.66. The Morgan fingerprint density at radius 3 is 2.13 bits per heavy atom. The van der Waals surface area contributed by atoms with Gasteiger partial charge in [0.05, 0.1) is 0 Å². The summed E-state index contributed by atoms with van der Waals surface area (Å²) in [6.07, 6.45) is 7.12. The maximum Gasteiger partial charge on any atom is 0.303 e. The molecule has 1 saturated heterocycles. The van der Waals surface area contributed by atoms with Crippen molar-refractivity contribution in [2.24, 2.45) is 5.73 Å². The van der Waals surface area contributed by atoms with Crippen LogP contribution in [0.3, 0.4) is 0 Å². The molecule has 0 saturated carbocycles. The monoisotopic (exact) mass is 216 g/mol. The maximum atomic E-state index is 9.93. The van der Waals surface area contributed by atoms with Crippen molar-refractivity contribution in [1.82, 2.24) is 5.32 Å². The number of nitrogens with one attached hydrogen (secondary N) is 1. The van der Waals surface area contributed by atoms with Crippen LogP contribution in [0.2, 0.25) is 0 Å². The van der Waals surface area contributed by atoms with E-state index in [2.05, 4.69) is 5.32 Å². The van der Waals surface area contributed by atoms with Gasteiger partial charge in [0.25, 0.3) is 0 Å². The van der Waals surface area contributed by atoms with Crippen molar-refractivity contribution >= 4 is 5.97 Å². The van der Waals surface area contributed by atoms with Gasteiger partial charge in [0.15, 0.2) is 0 Å². The highest BCUT2D eigenvalue weighted by Gasteiger charge is 1.94. The van der Waals surface area contributed by atoms with E-state index in [1.54, 1.807) is 0 Å². The molecule has 4 heteroatoms. The molecule has 0 aromatic carbocycles. The van der Waals surface area contributed by atoms with Crippen molar-refractivity contribution in [3.05, 3.63) is 0 Å². The lowest BCUT2D eigenvalue weighted by atomic mass is 10.2. The van der Waals surface area contributed by atoms with E-state index in [9.17, 15) is 4.79 Å². The number of carbonyl (C=O) groups is 1. The Labute approximate surface area is 92.2 Å². The fourth-order valence-corrected chi connectivity index (χ4v) is 1.40. The smallest absolute Gasteiger partial charge is 0.303 e. The van der Waals surface area contributed by atoms with Crippen molar-refractivity contribution in [1.29, 1.82) is 0 Å². The maximum absolute atomic E-state index is 9.93. The molecule has 1 heterocycles. The van der Waals surface area contributed by atoms with Gasteiger partial charge in [-0.2, -0.15) is 0 Å². The molecule has 15 heavy (non-hydrogen) atoms. The average molecular weight is 216 g/mol. The third kappa shape index (κ3) is 13.4. The SMILES string of the molecule is C1CCNCC1.NCCCCCC(=O)O. The molecule has 1 aliphatic rings. The van der Waals surface area contributed by atoms with Gasteiger partial charge in [-0.3, -0.25) is 4.79 Å². The van der Waals surface area contributed by atoms with E-state index in [1.807, 2.05) is 0 Å². The van der Waals surface area contributed by atoms with Crippen LogP contribution in [0.5, 0.6) is 0 Å². The molecule has 0 unspecified atom stereocenters. The van der Waals surface area contributed by atoms with Gasteiger partial charge in [-0.1, -0.05) is 12.8 Å². The van der Waals surface area contributed by atoms with Crippen LogP contribution >= 0.6 is 0 Å². The van der Waals surface area contributed by atoms with E-state index in [0.717, 1.165) is 19.3 Å². The van der Waals surface area contributed by atoms with Gasteiger partial charge in [0.2, 0.25) is 0 Å². The second kappa shape index (κ2) is 11.5. The summed E-state index contributed by atoms with van der Waals surface area (Å²) < 4.78 is 0. The molecule has 0 atom stereocenters. The zero-order valence-corrected chi connectivity index (χ0v) is 9.50. The highest BCUT2D eigenvalue weighted by Crippen LogP contribution is 1.97. The van der Waals surface area contributed by atoms with Crippen LogP contribution in [0.15, 0.2) is 0 Å². The lowest BCUT2D eigenvalue weighted by molar-refractivity contribution is -0.137. The first-order valence-corrected chi connectivity index (χ1v) is 5.90. The zero-order chi connectivity index (χ0) is 11.4. The number of carboxylic acids is 1. The third-order valence-corrected chi connectivity index (χ3v) is 2.30. The van der Waals surface area contributed by atoms with Gasteiger partial charge in [0, 0.05) is 6.42 Å². The first kappa shape index (κ1) is 14.4. The molecule has 1 rings (SSSR count). The lowest BCUT2D eigenvalue weighted by Gasteiger charge is -2.08. The van der Waals surface area contributed by atoms with E-state index < -0.39 is 5.97 Å². The molecule has 4 N–H and O–H groups in total. The Kier molecular flexibility index (Phi) is 11.0. The molecule has 0 aliphatic carbocycles. The molecule has 90 valence electrons. The molecule has 0 amide bonds. The van der Waals surface area contributed by atoms with Gasteiger partial charge in [-0.15, -0.1) is 0 Å². The molecule has 4 nitrogen and oxygen atoms in total.